The van der Waals surface area contributed by atoms with E-state index in [1.54, 1.807) is 35.8 Å². The van der Waals surface area contributed by atoms with Gasteiger partial charge < -0.3 is 15.0 Å². The molecule has 3 heterocycles. The second-order valence-electron chi connectivity index (χ2n) is 7.23. The maximum Gasteiger partial charge on any atom is 0.271 e. The van der Waals surface area contributed by atoms with E-state index in [9.17, 15) is 14.4 Å². The molecule has 0 unspecified atom stereocenters. The summed E-state index contributed by atoms with van der Waals surface area (Å²) in [4.78, 5) is 45.2. The second-order valence-corrected chi connectivity index (χ2v) is 8.10. The van der Waals surface area contributed by atoms with Gasteiger partial charge in [0.25, 0.3) is 17.4 Å². The molecular formula is C23H18N4O4S. The van der Waals surface area contributed by atoms with Crippen LogP contribution < -0.4 is 20.5 Å². The molecule has 2 amide bonds. The lowest BCUT2D eigenvalue weighted by Gasteiger charge is -2.34. The summed E-state index contributed by atoms with van der Waals surface area (Å²) in [6.07, 6.45) is 1.95. The lowest BCUT2D eigenvalue weighted by molar-refractivity contribution is -0.127. The number of anilines is 1. The van der Waals surface area contributed by atoms with Crippen LogP contribution in [0.25, 0.3) is 4.96 Å². The van der Waals surface area contributed by atoms with Gasteiger partial charge in [0, 0.05) is 24.3 Å². The average Bonchev–Trinajstić information content (AvgIpc) is 3.32. The Morgan fingerprint density at radius 1 is 1.12 bits per heavy atom. The summed E-state index contributed by atoms with van der Waals surface area (Å²) < 4.78 is 7.22. The molecule has 1 aliphatic rings. The van der Waals surface area contributed by atoms with Crippen molar-refractivity contribution in [3.63, 3.8) is 0 Å². The number of aromatic nitrogens is 2. The van der Waals surface area contributed by atoms with E-state index in [0.717, 1.165) is 5.56 Å². The Balaban J connectivity index is 1.43. The molecule has 0 saturated heterocycles. The van der Waals surface area contributed by atoms with Crippen LogP contribution in [0, 0.1) is 0 Å². The van der Waals surface area contributed by atoms with E-state index >= 15 is 0 Å². The average molecular weight is 446 g/mol. The molecule has 1 atom stereocenters. The number of para-hydroxylation sites is 2. The van der Waals surface area contributed by atoms with Gasteiger partial charge in [-0.2, -0.15) is 0 Å². The van der Waals surface area contributed by atoms with Gasteiger partial charge in [0.05, 0.1) is 12.2 Å². The van der Waals surface area contributed by atoms with Crippen LogP contribution in [0.1, 0.15) is 15.9 Å². The number of fused-ring (bicyclic) bond motifs is 2. The topological polar surface area (TPSA) is 93.0 Å². The molecule has 1 aliphatic heterocycles. The van der Waals surface area contributed by atoms with E-state index in [4.69, 9.17) is 4.74 Å². The minimum Gasteiger partial charge on any atom is -0.477 e. The SMILES string of the molecule is O=C(NCc1ccccc1)[C@@H]1CN(C(=O)c2cnc3sccn3c2=O)c2ccccc2O1. The first-order valence-electron chi connectivity index (χ1n) is 9.96. The molecule has 32 heavy (non-hydrogen) atoms. The fourth-order valence-corrected chi connectivity index (χ4v) is 4.25. The Kier molecular flexibility index (Phi) is 5.16. The number of amides is 2. The molecule has 1 N–H and O–H groups in total. The van der Waals surface area contributed by atoms with Crippen molar-refractivity contribution in [1.29, 1.82) is 0 Å². The smallest absolute Gasteiger partial charge is 0.271 e. The van der Waals surface area contributed by atoms with Crippen LogP contribution in [0.3, 0.4) is 0 Å². The number of ether oxygens (including phenoxy) is 1. The van der Waals surface area contributed by atoms with Gasteiger partial charge in [0.2, 0.25) is 0 Å². The highest BCUT2D eigenvalue weighted by Gasteiger charge is 2.35. The van der Waals surface area contributed by atoms with Crippen molar-refractivity contribution in [2.24, 2.45) is 0 Å². The van der Waals surface area contributed by atoms with E-state index < -0.39 is 17.6 Å². The molecule has 0 radical (unpaired) electrons. The van der Waals surface area contributed by atoms with Crippen LogP contribution in [-0.4, -0.2) is 33.8 Å². The quantitative estimate of drug-likeness (QED) is 0.520. The third-order valence-electron chi connectivity index (χ3n) is 5.19. The molecule has 0 aliphatic carbocycles. The molecule has 160 valence electrons. The van der Waals surface area contributed by atoms with Gasteiger partial charge >= 0.3 is 0 Å². The zero-order valence-corrected chi connectivity index (χ0v) is 17.6. The highest BCUT2D eigenvalue weighted by atomic mass is 32.1. The fourth-order valence-electron chi connectivity index (χ4n) is 3.58. The van der Waals surface area contributed by atoms with Gasteiger partial charge in [0.15, 0.2) is 11.1 Å². The van der Waals surface area contributed by atoms with E-state index in [1.807, 2.05) is 30.3 Å². The van der Waals surface area contributed by atoms with Crippen LogP contribution in [0.4, 0.5) is 5.69 Å². The Bertz CT molecular complexity index is 1370. The number of benzene rings is 2. The van der Waals surface area contributed by atoms with E-state index in [2.05, 4.69) is 10.3 Å². The summed E-state index contributed by atoms with van der Waals surface area (Å²) in [7, 11) is 0. The Morgan fingerprint density at radius 2 is 1.91 bits per heavy atom. The molecule has 9 heteroatoms. The molecule has 2 aromatic heterocycles. The van der Waals surface area contributed by atoms with Gasteiger partial charge in [-0.15, -0.1) is 11.3 Å². The number of hydrogen-bond donors (Lipinski definition) is 1. The molecule has 0 bridgehead atoms. The van der Waals surface area contributed by atoms with Crippen molar-refractivity contribution in [3.8, 4) is 5.75 Å². The summed E-state index contributed by atoms with van der Waals surface area (Å²) in [6.45, 7) is 0.317. The first-order valence-corrected chi connectivity index (χ1v) is 10.8. The Labute approximate surface area is 186 Å². The lowest BCUT2D eigenvalue weighted by Crippen LogP contribution is -2.51. The molecule has 0 spiro atoms. The van der Waals surface area contributed by atoms with Crippen molar-refractivity contribution in [1.82, 2.24) is 14.7 Å². The lowest BCUT2D eigenvalue weighted by atomic mass is 10.1. The number of carbonyl (C=O) groups excluding carboxylic acids is 2. The minimum absolute atomic E-state index is 0.0255. The summed E-state index contributed by atoms with van der Waals surface area (Å²) in [5.41, 5.74) is 0.934. The normalized spacial score (nSPS) is 15.1. The van der Waals surface area contributed by atoms with Crippen molar-refractivity contribution in [2.75, 3.05) is 11.4 Å². The number of nitrogens with zero attached hydrogens (tertiary/aromatic N) is 3. The van der Waals surface area contributed by atoms with Crippen LogP contribution in [-0.2, 0) is 11.3 Å². The van der Waals surface area contributed by atoms with E-state index in [1.165, 1.54) is 26.8 Å². The first-order chi connectivity index (χ1) is 15.6. The largest absolute Gasteiger partial charge is 0.477 e. The maximum atomic E-state index is 13.4. The highest BCUT2D eigenvalue weighted by molar-refractivity contribution is 7.15. The fraction of sp³-hybridized carbons (Fsp3) is 0.130. The molecular weight excluding hydrogens is 428 g/mol. The predicted octanol–water partition coefficient (Wildman–Crippen LogP) is 2.48. The molecule has 0 saturated carbocycles. The predicted molar refractivity (Wildman–Crippen MR) is 120 cm³/mol. The van der Waals surface area contributed by atoms with Gasteiger partial charge in [-0.05, 0) is 17.7 Å². The van der Waals surface area contributed by atoms with Gasteiger partial charge in [-0.3, -0.25) is 18.8 Å². The molecule has 8 nitrogen and oxygen atoms in total. The third-order valence-corrected chi connectivity index (χ3v) is 5.96. The molecule has 4 aromatic rings. The van der Waals surface area contributed by atoms with Crippen molar-refractivity contribution < 1.29 is 14.3 Å². The van der Waals surface area contributed by atoms with Crippen LogP contribution >= 0.6 is 11.3 Å². The number of thiazole rings is 1. The van der Waals surface area contributed by atoms with Crippen molar-refractivity contribution in [3.05, 3.63) is 93.9 Å². The van der Waals surface area contributed by atoms with Crippen molar-refractivity contribution in [2.45, 2.75) is 12.6 Å². The zero-order valence-electron chi connectivity index (χ0n) is 16.8. The maximum absolute atomic E-state index is 13.4. The molecule has 2 aromatic carbocycles. The van der Waals surface area contributed by atoms with Crippen LogP contribution in [0.15, 0.2) is 77.2 Å². The van der Waals surface area contributed by atoms with Crippen molar-refractivity contribution >= 4 is 33.8 Å². The second kappa shape index (κ2) is 8.27. The standard InChI is InChI=1S/C23H18N4O4S/c28-20(24-12-15-6-2-1-3-7-15)19-14-27(17-8-4-5-9-18(17)31-19)22(30)16-13-25-23-26(21(16)29)10-11-32-23/h1-11,13,19H,12,14H2,(H,24,28)/t19-/m0/s1. The summed E-state index contributed by atoms with van der Waals surface area (Å²) >= 11 is 1.31. The number of hydrogen-bond acceptors (Lipinski definition) is 6. The number of carbonyl (C=O) groups is 2. The van der Waals surface area contributed by atoms with Gasteiger partial charge in [-0.1, -0.05) is 42.5 Å². The third kappa shape index (κ3) is 3.63. The van der Waals surface area contributed by atoms with E-state index in [0.29, 0.717) is 22.9 Å². The van der Waals surface area contributed by atoms with Crippen LogP contribution in [0.5, 0.6) is 5.75 Å². The first kappa shape index (κ1) is 20.0. The summed E-state index contributed by atoms with van der Waals surface area (Å²) in [6, 6.07) is 16.5. The zero-order chi connectivity index (χ0) is 22.1. The summed E-state index contributed by atoms with van der Waals surface area (Å²) in [5.74, 6) is -0.472. The van der Waals surface area contributed by atoms with Gasteiger partial charge in [0.1, 0.15) is 11.3 Å². The van der Waals surface area contributed by atoms with E-state index in [-0.39, 0.29) is 18.0 Å². The minimum atomic E-state index is -0.918. The Morgan fingerprint density at radius 3 is 2.75 bits per heavy atom. The molecule has 0 fully saturated rings. The monoisotopic (exact) mass is 446 g/mol. The summed E-state index contributed by atoms with van der Waals surface area (Å²) in [5, 5.41) is 4.58. The van der Waals surface area contributed by atoms with Crippen LogP contribution in [0.2, 0.25) is 0 Å². The Hall–Kier alpha value is -3.98. The molecule has 5 rings (SSSR count). The highest BCUT2D eigenvalue weighted by Crippen LogP contribution is 2.34. The number of nitrogens with one attached hydrogen (secondary N) is 1. The van der Waals surface area contributed by atoms with Gasteiger partial charge in [-0.25, -0.2) is 4.98 Å². The number of rotatable bonds is 4.